The molecule has 4 nitrogen and oxygen atoms in total. The summed E-state index contributed by atoms with van der Waals surface area (Å²) in [6, 6.07) is 7.00. The van der Waals surface area contributed by atoms with Gasteiger partial charge in [-0.05, 0) is 37.0 Å². The molecule has 0 aliphatic carbocycles. The Labute approximate surface area is 144 Å². The van der Waals surface area contributed by atoms with Crippen LogP contribution in [0.5, 0.6) is 0 Å². The van der Waals surface area contributed by atoms with E-state index in [0.717, 1.165) is 38.2 Å². The van der Waals surface area contributed by atoms with Gasteiger partial charge in [0, 0.05) is 38.8 Å². The van der Waals surface area contributed by atoms with Crippen LogP contribution < -0.4 is 0 Å². The minimum atomic E-state index is -0.206. The molecule has 24 heavy (non-hydrogen) atoms. The van der Waals surface area contributed by atoms with Gasteiger partial charge in [-0.2, -0.15) is 0 Å². The third-order valence-corrected chi connectivity index (χ3v) is 4.60. The molecule has 0 unspecified atom stereocenters. The Morgan fingerprint density at radius 3 is 2.62 bits per heavy atom. The molecule has 134 valence electrons. The van der Waals surface area contributed by atoms with Gasteiger partial charge in [0.25, 0.3) is 0 Å². The van der Waals surface area contributed by atoms with Crippen LogP contribution in [0.2, 0.25) is 0 Å². The highest BCUT2D eigenvalue weighted by Crippen LogP contribution is 2.20. The molecule has 1 heterocycles. The van der Waals surface area contributed by atoms with Crippen molar-refractivity contribution >= 4 is 5.91 Å². The van der Waals surface area contributed by atoms with Gasteiger partial charge in [-0.25, -0.2) is 4.39 Å². The number of nitrogens with zero attached hydrogens (tertiary/aromatic N) is 2. The maximum absolute atomic E-state index is 13.1. The topological polar surface area (TPSA) is 32.8 Å². The van der Waals surface area contributed by atoms with E-state index >= 15 is 0 Å². The molecule has 0 aromatic heterocycles. The highest BCUT2D eigenvalue weighted by molar-refractivity contribution is 5.77. The summed E-state index contributed by atoms with van der Waals surface area (Å²) in [5.41, 5.74) is 1.11. The molecule has 5 heteroatoms. The van der Waals surface area contributed by atoms with Crippen LogP contribution in [0.1, 0.15) is 32.8 Å². The lowest BCUT2D eigenvalue weighted by Crippen LogP contribution is -2.46. The van der Waals surface area contributed by atoms with Crippen molar-refractivity contribution in [1.29, 1.82) is 0 Å². The first kappa shape index (κ1) is 18.9. The molecule has 1 amide bonds. The van der Waals surface area contributed by atoms with Crippen molar-refractivity contribution in [1.82, 2.24) is 9.80 Å². The van der Waals surface area contributed by atoms with Gasteiger partial charge in [0.15, 0.2) is 0 Å². The van der Waals surface area contributed by atoms with Gasteiger partial charge in [-0.15, -0.1) is 0 Å². The fourth-order valence-corrected chi connectivity index (χ4v) is 3.22. The van der Waals surface area contributed by atoms with Gasteiger partial charge in [-0.3, -0.25) is 9.69 Å². The molecule has 1 saturated heterocycles. The fourth-order valence-electron chi connectivity index (χ4n) is 3.22. The molecule has 1 atom stereocenters. The van der Waals surface area contributed by atoms with Crippen LogP contribution in [0.15, 0.2) is 24.3 Å². The lowest BCUT2D eigenvalue weighted by Gasteiger charge is -2.34. The quantitative estimate of drug-likeness (QED) is 0.801. The van der Waals surface area contributed by atoms with E-state index < -0.39 is 0 Å². The van der Waals surface area contributed by atoms with Crippen LogP contribution in [-0.2, 0) is 16.1 Å². The van der Waals surface area contributed by atoms with E-state index in [1.165, 1.54) is 12.1 Å². The number of hydrogen-bond donors (Lipinski definition) is 0. The maximum Gasteiger partial charge on any atom is 0.248 e. The molecule has 0 bridgehead atoms. The van der Waals surface area contributed by atoms with Crippen molar-refractivity contribution in [3.8, 4) is 0 Å². The summed E-state index contributed by atoms with van der Waals surface area (Å²) in [6.45, 7) is 10.2. The number of carbonyl (C=O) groups excluding carboxylic acids is 1. The second-order valence-corrected chi connectivity index (χ2v) is 6.74. The molecule has 0 radical (unpaired) electrons. The minimum absolute atomic E-state index is 0.0751. The number of halogens is 1. The number of carbonyl (C=O) groups is 1. The lowest BCUT2D eigenvalue weighted by molar-refractivity contribution is -0.136. The Kier molecular flexibility index (Phi) is 7.18. The minimum Gasteiger partial charge on any atom is -0.372 e. The first-order chi connectivity index (χ1) is 11.5. The zero-order chi connectivity index (χ0) is 17.5. The van der Waals surface area contributed by atoms with E-state index in [1.807, 2.05) is 24.0 Å². The molecule has 1 aliphatic rings. The summed E-state index contributed by atoms with van der Waals surface area (Å²) in [7, 11) is 0. The van der Waals surface area contributed by atoms with Crippen LogP contribution in [0.25, 0.3) is 0 Å². The van der Waals surface area contributed by atoms with E-state index in [-0.39, 0.29) is 18.3 Å². The maximum atomic E-state index is 13.1. The van der Waals surface area contributed by atoms with Crippen molar-refractivity contribution in [2.24, 2.45) is 5.92 Å². The van der Waals surface area contributed by atoms with E-state index in [4.69, 9.17) is 4.74 Å². The normalized spacial score (nSPS) is 19.5. The van der Waals surface area contributed by atoms with Crippen LogP contribution in [-0.4, -0.2) is 54.6 Å². The summed E-state index contributed by atoms with van der Waals surface area (Å²) in [4.78, 5) is 16.7. The number of hydrogen-bond acceptors (Lipinski definition) is 3. The second kappa shape index (κ2) is 9.14. The standard InChI is InChI=1S/C19H29FN2O2/c1-4-24-14-19(23)22-11-5-10-21(18(13-22)15(2)3)12-16-6-8-17(20)9-7-16/h6-9,15,18H,4-5,10-14H2,1-3H3/t18-/m0/s1. The average Bonchev–Trinajstić information content (AvgIpc) is 2.77. The van der Waals surface area contributed by atoms with Gasteiger partial charge < -0.3 is 9.64 Å². The molecule has 1 aromatic carbocycles. The van der Waals surface area contributed by atoms with Crippen LogP contribution >= 0.6 is 0 Å². The zero-order valence-electron chi connectivity index (χ0n) is 15.0. The van der Waals surface area contributed by atoms with Crippen molar-refractivity contribution in [3.05, 3.63) is 35.6 Å². The fraction of sp³-hybridized carbons (Fsp3) is 0.632. The molecular weight excluding hydrogens is 307 g/mol. The summed E-state index contributed by atoms with van der Waals surface area (Å²) < 4.78 is 18.4. The molecule has 1 fully saturated rings. The third kappa shape index (κ3) is 5.28. The van der Waals surface area contributed by atoms with Crippen LogP contribution in [0.4, 0.5) is 4.39 Å². The van der Waals surface area contributed by atoms with Crippen molar-refractivity contribution < 1.29 is 13.9 Å². The Bertz CT molecular complexity index is 519. The first-order valence-corrected chi connectivity index (χ1v) is 8.85. The molecule has 0 N–H and O–H groups in total. The van der Waals surface area contributed by atoms with Gasteiger partial charge in [0.1, 0.15) is 12.4 Å². The van der Waals surface area contributed by atoms with E-state index in [9.17, 15) is 9.18 Å². The first-order valence-electron chi connectivity index (χ1n) is 8.85. The Morgan fingerprint density at radius 2 is 2.00 bits per heavy atom. The van der Waals surface area contributed by atoms with Crippen molar-refractivity contribution in [3.63, 3.8) is 0 Å². The Morgan fingerprint density at radius 1 is 1.29 bits per heavy atom. The Balaban J connectivity index is 2.05. The number of amides is 1. The van der Waals surface area contributed by atoms with E-state index in [0.29, 0.717) is 18.6 Å². The van der Waals surface area contributed by atoms with Crippen molar-refractivity contribution in [2.75, 3.05) is 32.8 Å². The highest BCUT2D eigenvalue weighted by Gasteiger charge is 2.29. The van der Waals surface area contributed by atoms with Crippen molar-refractivity contribution in [2.45, 2.75) is 39.8 Å². The Hall–Kier alpha value is -1.46. The predicted molar refractivity (Wildman–Crippen MR) is 93.1 cm³/mol. The second-order valence-electron chi connectivity index (χ2n) is 6.74. The molecule has 0 spiro atoms. The molecule has 0 saturated carbocycles. The SMILES string of the molecule is CCOCC(=O)N1CCCN(Cc2ccc(F)cc2)[C@H](C(C)C)C1. The molecule has 2 rings (SSSR count). The smallest absolute Gasteiger partial charge is 0.248 e. The number of benzene rings is 1. The predicted octanol–water partition coefficient (Wildman–Crippen LogP) is 2.92. The third-order valence-electron chi connectivity index (χ3n) is 4.60. The van der Waals surface area contributed by atoms with E-state index in [1.54, 1.807) is 0 Å². The summed E-state index contributed by atoms with van der Waals surface area (Å²) in [5, 5.41) is 0. The van der Waals surface area contributed by atoms with Gasteiger partial charge in [0.05, 0.1) is 0 Å². The monoisotopic (exact) mass is 336 g/mol. The molecule has 1 aromatic rings. The van der Waals surface area contributed by atoms with Gasteiger partial charge in [0.2, 0.25) is 5.91 Å². The largest absolute Gasteiger partial charge is 0.372 e. The highest BCUT2D eigenvalue weighted by atomic mass is 19.1. The summed E-state index contributed by atoms with van der Waals surface area (Å²) >= 11 is 0. The van der Waals surface area contributed by atoms with E-state index in [2.05, 4.69) is 18.7 Å². The average molecular weight is 336 g/mol. The van der Waals surface area contributed by atoms with Crippen LogP contribution in [0, 0.1) is 11.7 Å². The molecular formula is C19H29FN2O2. The molecule has 1 aliphatic heterocycles. The lowest BCUT2D eigenvalue weighted by atomic mass is 10.0. The summed E-state index contributed by atoms with van der Waals surface area (Å²) in [5.74, 6) is 0.305. The summed E-state index contributed by atoms with van der Waals surface area (Å²) in [6.07, 6.45) is 0.947. The van der Waals surface area contributed by atoms with Gasteiger partial charge in [-0.1, -0.05) is 26.0 Å². The number of rotatable bonds is 6. The van der Waals surface area contributed by atoms with Crippen LogP contribution in [0.3, 0.4) is 0 Å². The zero-order valence-corrected chi connectivity index (χ0v) is 15.0. The van der Waals surface area contributed by atoms with Gasteiger partial charge >= 0.3 is 0 Å². The number of ether oxygens (including phenoxy) is 1.